The lowest BCUT2D eigenvalue weighted by atomic mass is 10.2. The van der Waals surface area contributed by atoms with Crippen LogP contribution in [-0.2, 0) is 0 Å². The highest BCUT2D eigenvalue weighted by atomic mass is 16.5. The highest BCUT2D eigenvalue weighted by molar-refractivity contribution is 5.61. The zero-order valence-electron chi connectivity index (χ0n) is 11.4. The Hall–Kier alpha value is -2.24. The maximum atomic E-state index is 5.24. The molecular formula is C13H17N3O3. The number of methoxy groups -OCH3 is 2. The van der Waals surface area contributed by atoms with Gasteiger partial charge in [0.2, 0.25) is 5.82 Å². The molecule has 102 valence electrons. The first-order valence-electron chi connectivity index (χ1n) is 5.96. The molecule has 1 heterocycles. The predicted octanol–water partition coefficient (Wildman–Crippen LogP) is 2.57. The Morgan fingerprint density at radius 2 is 1.89 bits per heavy atom. The standard InChI is InChI=1S/C13H17N3O3/c1-8(2)14-13-15-12(16-19-13)9-5-6-10(17-3)11(7-9)18-4/h5-8H,1-4H3,(H,14,15,16). The number of benzene rings is 1. The molecule has 1 aromatic carbocycles. The quantitative estimate of drug-likeness (QED) is 0.894. The Labute approximate surface area is 111 Å². The second-order valence-electron chi connectivity index (χ2n) is 4.29. The third-order valence-corrected chi connectivity index (χ3v) is 2.48. The van der Waals surface area contributed by atoms with Crippen LogP contribution in [0.4, 0.5) is 6.01 Å². The first kappa shape index (κ1) is 13.2. The summed E-state index contributed by atoms with van der Waals surface area (Å²) in [6.07, 6.45) is 0. The summed E-state index contributed by atoms with van der Waals surface area (Å²) in [6, 6.07) is 6.10. The van der Waals surface area contributed by atoms with Crippen molar-refractivity contribution in [1.82, 2.24) is 10.1 Å². The van der Waals surface area contributed by atoms with Crippen molar-refractivity contribution in [2.75, 3.05) is 19.5 Å². The molecule has 1 N–H and O–H groups in total. The molecule has 0 fully saturated rings. The van der Waals surface area contributed by atoms with Gasteiger partial charge in [-0.3, -0.25) is 0 Å². The van der Waals surface area contributed by atoms with Crippen molar-refractivity contribution in [3.63, 3.8) is 0 Å². The second-order valence-corrected chi connectivity index (χ2v) is 4.29. The van der Waals surface area contributed by atoms with Crippen molar-refractivity contribution >= 4 is 6.01 Å². The van der Waals surface area contributed by atoms with E-state index < -0.39 is 0 Å². The minimum atomic E-state index is 0.235. The number of hydrogen-bond donors (Lipinski definition) is 1. The molecule has 0 atom stereocenters. The Balaban J connectivity index is 2.28. The van der Waals surface area contributed by atoms with Gasteiger partial charge in [-0.25, -0.2) is 0 Å². The largest absolute Gasteiger partial charge is 0.493 e. The summed E-state index contributed by atoms with van der Waals surface area (Å²) in [7, 11) is 3.18. The lowest BCUT2D eigenvalue weighted by Crippen LogP contribution is -2.09. The second kappa shape index (κ2) is 5.60. The number of anilines is 1. The molecule has 0 saturated carbocycles. The van der Waals surface area contributed by atoms with Crippen LogP contribution in [0.3, 0.4) is 0 Å². The molecule has 2 rings (SSSR count). The summed E-state index contributed by atoms with van der Waals surface area (Å²) >= 11 is 0. The SMILES string of the molecule is COc1ccc(-c2noc(NC(C)C)n2)cc1OC. The Morgan fingerprint density at radius 3 is 2.53 bits per heavy atom. The van der Waals surface area contributed by atoms with Crippen LogP contribution < -0.4 is 14.8 Å². The lowest BCUT2D eigenvalue weighted by molar-refractivity contribution is 0.355. The Kier molecular flexibility index (Phi) is 3.89. The fourth-order valence-electron chi connectivity index (χ4n) is 1.62. The normalized spacial score (nSPS) is 10.6. The lowest BCUT2D eigenvalue weighted by Gasteiger charge is -2.07. The van der Waals surface area contributed by atoms with Gasteiger partial charge in [-0.05, 0) is 32.0 Å². The van der Waals surface area contributed by atoms with Gasteiger partial charge in [0.05, 0.1) is 14.2 Å². The number of ether oxygens (including phenoxy) is 2. The third-order valence-electron chi connectivity index (χ3n) is 2.48. The van der Waals surface area contributed by atoms with Crippen molar-refractivity contribution in [3.05, 3.63) is 18.2 Å². The molecule has 6 nitrogen and oxygen atoms in total. The first-order valence-corrected chi connectivity index (χ1v) is 5.96. The van der Waals surface area contributed by atoms with Crippen molar-refractivity contribution < 1.29 is 14.0 Å². The van der Waals surface area contributed by atoms with E-state index in [9.17, 15) is 0 Å². The van der Waals surface area contributed by atoms with E-state index in [1.165, 1.54) is 0 Å². The molecule has 0 saturated heterocycles. The summed E-state index contributed by atoms with van der Waals surface area (Å²) < 4.78 is 15.5. The van der Waals surface area contributed by atoms with Crippen molar-refractivity contribution in [2.45, 2.75) is 19.9 Å². The number of aromatic nitrogens is 2. The molecule has 6 heteroatoms. The molecule has 0 amide bonds. The van der Waals surface area contributed by atoms with Crippen LogP contribution in [-0.4, -0.2) is 30.4 Å². The monoisotopic (exact) mass is 263 g/mol. The maximum Gasteiger partial charge on any atom is 0.321 e. The minimum absolute atomic E-state index is 0.235. The average Bonchev–Trinajstić information content (AvgIpc) is 2.85. The summed E-state index contributed by atoms with van der Waals surface area (Å²) in [4.78, 5) is 4.27. The first-order chi connectivity index (χ1) is 9.13. The zero-order chi connectivity index (χ0) is 13.8. The summed E-state index contributed by atoms with van der Waals surface area (Å²) in [6.45, 7) is 4.00. The smallest absolute Gasteiger partial charge is 0.321 e. The summed E-state index contributed by atoms with van der Waals surface area (Å²) in [5.74, 6) is 1.79. The maximum absolute atomic E-state index is 5.24. The van der Waals surface area contributed by atoms with Gasteiger partial charge in [0, 0.05) is 11.6 Å². The van der Waals surface area contributed by atoms with E-state index in [1.807, 2.05) is 26.0 Å². The topological polar surface area (TPSA) is 69.4 Å². The number of nitrogens with zero attached hydrogens (tertiary/aromatic N) is 2. The third kappa shape index (κ3) is 2.96. The highest BCUT2D eigenvalue weighted by Gasteiger charge is 2.12. The molecule has 0 unspecified atom stereocenters. The van der Waals surface area contributed by atoms with Crippen LogP contribution in [0.15, 0.2) is 22.7 Å². The van der Waals surface area contributed by atoms with E-state index in [-0.39, 0.29) is 6.04 Å². The van der Waals surface area contributed by atoms with Crippen LogP contribution in [0.5, 0.6) is 11.5 Å². The van der Waals surface area contributed by atoms with Crippen molar-refractivity contribution in [1.29, 1.82) is 0 Å². The Bertz CT molecular complexity index is 552. The summed E-state index contributed by atoms with van der Waals surface area (Å²) in [5.41, 5.74) is 0.804. The molecular weight excluding hydrogens is 246 g/mol. The Morgan fingerprint density at radius 1 is 1.16 bits per heavy atom. The minimum Gasteiger partial charge on any atom is -0.493 e. The van der Waals surface area contributed by atoms with E-state index in [1.54, 1.807) is 20.3 Å². The van der Waals surface area contributed by atoms with Crippen molar-refractivity contribution in [3.8, 4) is 22.9 Å². The molecule has 0 aliphatic rings. The van der Waals surface area contributed by atoms with Gasteiger partial charge in [0.15, 0.2) is 11.5 Å². The van der Waals surface area contributed by atoms with Crippen LogP contribution in [0.1, 0.15) is 13.8 Å². The fourth-order valence-corrected chi connectivity index (χ4v) is 1.62. The molecule has 19 heavy (non-hydrogen) atoms. The molecule has 0 aliphatic heterocycles. The predicted molar refractivity (Wildman–Crippen MR) is 71.6 cm³/mol. The van der Waals surface area contributed by atoms with Gasteiger partial charge >= 0.3 is 6.01 Å². The number of nitrogens with one attached hydrogen (secondary N) is 1. The molecule has 0 bridgehead atoms. The van der Waals surface area contributed by atoms with E-state index in [0.29, 0.717) is 23.3 Å². The van der Waals surface area contributed by atoms with E-state index in [2.05, 4.69) is 15.5 Å². The van der Waals surface area contributed by atoms with Crippen LogP contribution >= 0.6 is 0 Å². The van der Waals surface area contributed by atoms with Gasteiger partial charge in [0.25, 0.3) is 0 Å². The van der Waals surface area contributed by atoms with E-state index in [4.69, 9.17) is 14.0 Å². The van der Waals surface area contributed by atoms with E-state index in [0.717, 1.165) is 5.56 Å². The molecule has 0 radical (unpaired) electrons. The molecule has 2 aromatic rings. The fraction of sp³-hybridized carbons (Fsp3) is 0.385. The van der Waals surface area contributed by atoms with Crippen LogP contribution in [0.2, 0.25) is 0 Å². The zero-order valence-corrected chi connectivity index (χ0v) is 11.4. The summed E-state index contributed by atoms with van der Waals surface area (Å²) in [5, 5.41) is 6.98. The molecule has 1 aromatic heterocycles. The van der Waals surface area contributed by atoms with Crippen LogP contribution in [0, 0.1) is 0 Å². The van der Waals surface area contributed by atoms with Gasteiger partial charge < -0.3 is 19.3 Å². The van der Waals surface area contributed by atoms with Gasteiger partial charge in [-0.2, -0.15) is 4.98 Å². The molecule has 0 aliphatic carbocycles. The number of rotatable bonds is 5. The highest BCUT2D eigenvalue weighted by Crippen LogP contribution is 2.31. The van der Waals surface area contributed by atoms with Crippen molar-refractivity contribution in [2.24, 2.45) is 0 Å². The van der Waals surface area contributed by atoms with Gasteiger partial charge in [-0.1, -0.05) is 5.16 Å². The average molecular weight is 263 g/mol. The van der Waals surface area contributed by atoms with E-state index >= 15 is 0 Å². The van der Waals surface area contributed by atoms with Crippen LogP contribution in [0.25, 0.3) is 11.4 Å². The molecule has 0 spiro atoms. The van der Waals surface area contributed by atoms with Gasteiger partial charge in [0.1, 0.15) is 0 Å². The van der Waals surface area contributed by atoms with Gasteiger partial charge in [-0.15, -0.1) is 0 Å². The number of hydrogen-bond acceptors (Lipinski definition) is 6.